The Morgan fingerprint density at radius 1 is 1.39 bits per heavy atom. The molecule has 0 saturated carbocycles. The summed E-state index contributed by atoms with van der Waals surface area (Å²) in [5, 5.41) is 3.41. The number of benzene rings is 1. The lowest BCUT2D eigenvalue weighted by atomic mass is 10.0. The van der Waals surface area contributed by atoms with E-state index in [4.69, 9.17) is 4.74 Å². The zero-order valence-corrected chi connectivity index (χ0v) is 12.1. The Morgan fingerprint density at radius 3 is 3.06 bits per heavy atom. The van der Waals surface area contributed by atoms with Gasteiger partial charge in [0.25, 0.3) is 0 Å². The maximum absolute atomic E-state index is 5.80. The highest BCUT2D eigenvalue weighted by molar-refractivity contribution is 7.99. The lowest BCUT2D eigenvalue weighted by molar-refractivity contribution is 0.122. The minimum atomic E-state index is 0.572. The van der Waals surface area contributed by atoms with Crippen molar-refractivity contribution in [3.8, 4) is 0 Å². The van der Waals surface area contributed by atoms with E-state index in [-0.39, 0.29) is 0 Å². The van der Waals surface area contributed by atoms with Gasteiger partial charge in [-0.1, -0.05) is 32.0 Å². The maximum Gasteiger partial charge on any atom is 0.0543 e. The molecule has 0 amide bonds. The summed E-state index contributed by atoms with van der Waals surface area (Å²) < 4.78 is 5.80. The minimum absolute atomic E-state index is 0.572. The average Bonchev–Trinajstić information content (AvgIpc) is 2.77. The van der Waals surface area contributed by atoms with Gasteiger partial charge in [-0.3, -0.25) is 0 Å². The summed E-state index contributed by atoms with van der Waals surface area (Å²) in [7, 11) is 0. The molecule has 0 saturated heterocycles. The molecule has 2 nitrogen and oxygen atoms in total. The van der Waals surface area contributed by atoms with Crippen LogP contribution < -0.4 is 5.32 Å². The molecule has 2 rings (SSSR count). The monoisotopic (exact) mass is 265 g/mol. The maximum atomic E-state index is 5.80. The molecule has 1 atom stereocenters. The van der Waals surface area contributed by atoms with E-state index in [1.54, 1.807) is 0 Å². The summed E-state index contributed by atoms with van der Waals surface area (Å²) in [6.45, 7) is 7.13. The highest BCUT2D eigenvalue weighted by Crippen LogP contribution is 2.39. The average molecular weight is 265 g/mol. The molecule has 3 heteroatoms. The van der Waals surface area contributed by atoms with Crippen LogP contribution in [0.4, 0.5) is 0 Å². The fourth-order valence-corrected chi connectivity index (χ4v) is 3.39. The number of hydrogen-bond donors (Lipinski definition) is 1. The Labute approximate surface area is 114 Å². The van der Waals surface area contributed by atoms with Crippen LogP contribution >= 0.6 is 11.8 Å². The lowest BCUT2D eigenvalue weighted by Crippen LogP contribution is -2.24. The molecule has 0 bridgehead atoms. The molecule has 1 heterocycles. The van der Waals surface area contributed by atoms with E-state index in [1.165, 1.54) is 16.2 Å². The molecular formula is C15H23NOS. The Morgan fingerprint density at radius 2 is 2.22 bits per heavy atom. The molecule has 0 aliphatic carbocycles. The molecule has 1 N–H and O–H groups in total. The van der Waals surface area contributed by atoms with E-state index in [9.17, 15) is 0 Å². The third-order valence-corrected chi connectivity index (χ3v) is 4.39. The van der Waals surface area contributed by atoms with Crippen LogP contribution in [0.1, 0.15) is 31.7 Å². The lowest BCUT2D eigenvalue weighted by Gasteiger charge is -2.12. The van der Waals surface area contributed by atoms with Crippen molar-refractivity contribution < 1.29 is 4.74 Å². The van der Waals surface area contributed by atoms with Crippen molar-refractivity contribution in [3.63, 3.8) is 0 Å². The molecular weight excluding hydrogens is 242 g/mol. The normalized spacial score (nSPS) is 18.3. The van der Waals surface area contributed by atoms with Gasteiger partial charge < -0.3 is 10.1 Å². The number of fused-ring (bicyclic) bond motifs is 1. The summed E-state index contributed by atoms with van der Waals surface area (Å²) in [6, 6.07) is 9.27. The second-order valence-electron chi connectivity index (χ2n) is 5.08. The Hall–Kier alpha value is -0.510. The van der Waals surface area contributed by atoms with Gasteiger partial charge in [-0.05, 0) is 24.6 Å². The number of thioether (sulfide) groups is 1. The number of ether oxygens (including phenoxy) is 1. The number of rotatable bonds is 7. The van der Waals surface area contributed by atoms with Crippen LogP contribution in [0.15, 0.2) is 29.2 Å². The summed E-state index contributed by atoms with van der Waals surface area (Å²) >= 11 is 1.96. The van der Waals surface area contributed by atoms with Crippen molar-refractivity contribution in [1.82, 2.24) is 5.32 Å². The quantitative estimate of drug-likeness (QED) is 0.765. The topological polar surface area (TPSA) is 21.3 Å². The second-order valence-corrected chi connectivity index (χ2v) is 6.14. The first-order valence-corrected chi connectivity index (χ1v) is 7.79. The van der Waals surface area contributed by atoms with Crippen molar-refractivity contribution in [2.45, 2.75) is 37.1 Å². The standard InChI is InChI=1S/C15H23NOS/c1-12(2)16-8-5-9-17-10-13-11-18-15-7-4-3-6-14(13)15/h3-4,6-7,12-13,16H,5,8-11H2,1-2H3. The molecule has 0 aromatic heterocycles. The first-order chi connectivity index (χ1) is 8.77. The van der Waals surface area contributed by atoms with Gasteiger partial charge in [0.05, 0.1) is 6.61 Å². The van der Waals surface area contributed by atoms with Crippen molar-refractivity contribution in [2.24, 2.45) is 0 Å². The number of nitrogens with one attached hydrogen (secondary N) is 1. The molecule has 1 aliphatic heterocycles. The van der Waals surface area contributed by atoms with Gasteiger partial charge >= 0.3 is 0 Å². The minimum Gasteiger partial charge on any atom is -0.381 e. The molecule has 0 fully saturated rings. The van der Waals surface area contributed by atoms with E-state index in [2.05, 4.69) is 43.4 Å². The van der Waals surface area contributed by atoms with Crippen LogP contribution in [0.25, 0.3) is 0 Å². The first-order valence-electron chi connectivity index (χ1n) is 6.80. The van der Waals surface area contributed by atoms with Crippen LogP contribution in [-0.4, -0.2) is 31.6 Å². The summed E-state index contributed by atoms with van der Waals surface area (Å²) in [5.74, 6) is 1.76. The van der Waals surface area contributed by atoms with Crippen LogP contribution in [0.2, 0.25) is 0 Å². The molecule has 0 radical (unpaired) electrons. The van der Waals surface area contributed by atoms with Crippen molar-refractivity contribution in [2.75, 3.05) is 25.5 Å². The van der Waals surface area contributed by atoms with Crippen molar-refractivity contribution in [3.05, 3.63) is 29.8 Å². The zero-order chi connectivity index (χ0) is 12.8. The van der Waals surface area contributed by atoms with E-state index >= 15 is 0 Å². The summed E-state index contributed by atoms with van der Waals surface area (Å²) in [5.41, 5.74) is 1.47. The third kappa shape index (κ3) is 4.01. The summed E-state index contributed by atoms with van der Waals surface area (Å²) in [4.78, 5) is 1.44. The van der Waals surface area contributed by atoms with Gasteiger partial charge in [0.1, 0.15) is 0 Å². The Balaban J connectivity index is 1.64. The van der Waals surface area contributed by atoms with Gasteiger partial charge in [0.15, 0.2) is 0 Å². The number of hydrogen-bond acceptors (Lipinski definition) is 3. The molecule has 1 aromatic carbocycles. The van der Waals surface area contributed by atoms with E-state index < -0.39 is 0 Å². The Bertz CT molecular complexity index is 367. The van der Waals surface area contributed by atoms with E-state index in [0.29, 0.717) is 12.0 Å². The predicted octanol–water partition coefficient (Wildman–Crippen LogP) is 3.28. The largest absolute Gasteiger partial charge is 0.381 e. The van der Waals surface area contributed by atoms with Gasteiger partial charge in [0.2, 0.25) is 0 Å². The second kappa shape index (κ2) is 7.17. The SMILES string of the molecule is CC(C)NCCCOCC1CSc2ccccc21. The summed E-state index contributed by atoms with van der Waals surface area (Å²) in [6.07, 6.45) is 1.10. The van der Waals surface area contributed by atoms with Crippen molar-refractivity contribution >= 4 is 11.8 Å². The molecule has 100 valence electrons. The van der Waals surface area contributed by atoms with Crippen LogP contribution in [0.5, 0.6) is 0 Å². The van der Waals surface area contributed by atoms with Gasteiger partial charge in [-0.2, -0.15) is 0 Å². The predicted molar refractivity (Wildman–Crippen MR) is 78.5 cm³/mol. The fraction of sp³-hybridized carbons (Fsp3) is 0.600. The highest BCUT2D eigenvalue weighted by Gasteiger charge is 2.22. The van der Waals surface area contributed by atoms with Crippen LogP contribution in [0.3, 0.4) is 0 Å². The molecule has 0 spiro atoms. The van der Waals surface area contributed by atoms with Gasteiger partial charge in [-0.15, -0.1) is 11.8 Å². The molecule has 1 aromatic rings. The molecule has 1 aliphatic rings. The fourth-order valence-electron chi connectivity index (χ4n) is 2.16. The van der Waals surface area contributed by atoms with Gasteiger partial charge in [0, 0.05) is 29.2 Å². The Kier molecular flexibility index (Phi) is 5.54. The van der Waals surface area contributed by atoms with Crippen LogP contribution in [-0.2, 0) is 4.74 Å². The third-order valence-electron chi connectivity index (χ3n) is 3.14. The van der Waals surface area contributed by atoms with E-state index in [0.717, 1.165) is 26.2 Å². The highest BCUT2D eigenvalue weighted by atomic mass is 32.2. The zero-order valence-electron chi connectivity index (χ0n) is 11.3. The van der Waals surface area contributed by atoms with Crippen molar-refractivity contribution in [1.29, 1.82) is 0 Å². The van der Waals surface area contributed by atoms with Crippen LogP contribution in [0, 0.1) is 0 Å². The van der Waals surface area contributed by atoms with E-state index in [1.807, 2.05) is 11.8 Å². The first kappa shape index (κ1) is 13.9. The molecule has 18 heavy (non-hydrogen) atoms. The smallest absolute Gasteiger partial charge is 0.0543 e. The van der Waals surface area contributed by atoms with Gasteiger partial charge in [-0.25, -0.2) is 0 Å². The molecule has 1 unspecified atom stereocenters.